The molecule has 0 radical (unpaired) electrons. The van der Waals surface area contributed by atoms with E-state index in [1.54, 1.807) is 12.1 Å². The monoisotopic (exact) mass is 323 g/mol. The largest absolute Gasteiger partial charge is 0.442 e. The van der Waals surface area contributed by atoms with Crippen molar-refractivity contribution >= 4 is 34.8 Å². The molecule has 0 spiro atoms. The first-order valence-electron chi connectivity index (χ1n) is 4.96. The first-order chi connectivity index (χ1) is 7.58. The van der Waals surface area contributed by atoms with Crippen molar-refractivity contribution in [1.82, 2.24) is 0 Å². The van der Waals surface area contributed by atoms with Crippen LogP contribution in [-0.4, -0.2) is 6.47 Å². The summed E-state index contributed by atoms with van der Waals surface area (Å²) in [6, 6.07) is 3.28. The maximum atomic E-state index is 13.8. The summed E-state index contributed by atoms with van der Waals surface area (Å²) in [5, 5.41) is 0. The smallest absolute Gasteiger partial charge is 0.295 e. The Bertz CT molecular complexity index is 444. The van der Waals surface area contributed by atoms with Crippen LogP contribution >= 0.6 is 28.3 Å². The zero-order chi connectivity index (χ0) is 11.8. The highest BCUT2D eigenvalue weighted by Gasteiger charge is 2.36. The maximum Gasteiger partial charge on any atom is 0.295 e. The van der Waals surface area contributed by atoms with E-state index in [1.165, 1.54) is 0 Å². The molecule has 0 saturated heterocycles. The minimum atomic E-state index is -1.18. The van der Waals surface area contributed by atoms with Crippen LogP contribution in [-0.2, 0) is 21.7 Å². The van der Waals surface area contributed by atoms with Crippen molar-refractivity contribution in [3.8, 4) is 0 Å². The molecule has 0 saturated carbocycles. The summed E-state index contributed by atoms with van der Waals surface area (Å²) in [6.07, 6.45) is 1.83. The molecule has 1 atom stereocenters. The second kappa shape index (κ2) is 5.33. The van der Waals surface area contributed by atoms with Gasteiger partial charge in [0.2, 0.25) is 0 Å². The number of rotatable bonds is 2. The number of carbonyl (C=O) groups excluding carboxylic acids is 1. The topological polar surface area (TPSA) is 52.3 Å². The second-order valence-corrected chi connectivity index (χ2v) is 4.70. The van der Waals surface area contributed by atoms with Crippen LogP contribution in [0.3, 0.4) is 0 Å². The normalized spacial score (nSPS) is 22.3. The maximum absolute atomic E-state index is 13.8. The standard InChI is InChI=1S/C11H11BrFNO2.ClH/c12-9-4-3-8-7(10(9)13)2-1-5-11(8,14)16-6-15;/h3-4,6H,1-2,5,14H2;1H/t11-;/m0./s1. The van der Waals surface area contributed by atoms with Gasteiger partial charge in [-0.3, -0.25) is 10.5 Å². The molecule has 2 N–H and O–H groups in total. The van der Waals surface area contributed by atoms with Crippen LogP contribution in [0, 0.1) is 5.82 Å². The van der Waals surface area contributed by atoms with Gasteiger partial charge < -0.3 is 4.74 Å². The van der Waals surface area contributed by atoms with E-state index < -0.39 is 5.72 Å². The summed E-state index contributed by atoms with van der Waals surface area (Å²) in [5.41, 5.74) is 5.88. The quantitative estimate of drug-likeness (QED) is 0.672. The zero-order valence-electron chi connectivity index (χ0n) is 8.91. The lowest BCUT2D eigenvalue weighted by Crippen LogP contribution is -2.42. The van der Waals surface area contributed by atoms with E-state index in [1.807, 2.05) is 0 Å². The fourth-order valence-corrected chi connectivity index (χ4v) is 2.48. The molecule has 1 aliphatic carbocycles. The Kier molecular flexibility index (Phi) is 4.52. The molecule has 0 unspecified atom stereocenters. The van der Waals surface area contributed by atoms with Gasteiger partial charge >= 0.3 is 0 Å². The molecule has 1 aliphatic rings. The number of fused-ring (bicyclic) bond motifs is 1. The lowest BCUT2D eigenvalue weighted by atomic mass is 9.85. The zero-order valence-corrected chi connectivity index (χ0v) is 11.3. The minimum absolute atomic E-state index is 0. The predicted molar refractivity (Wildman–Crippen MR) is 67.3 cm³/mol. The number of halogens is 3. The number of carbonyl (C=O) groups is 1. The Morgan fingerprint density at radius 3 is 2.88 bits per heavy atom. The molecule has 0 aromatic heterocycles. The lowest BCUT2D eigenvalue weighted by Gasteiger charge is -2.33. The van der Waals surface area contributed by atoms with E-state index in [-0.39, 0.29) is 18.2 Å². The van der Waals surface area contributed by atoms with Crippen LogP contribution in [0.25, 0.3) is 0 Å². The van der Waals surface area contributed by atoms with Crippen molar-refractivity contribution in [2.24, 2.45) is 5.73 Å². The summed E-state index contributed by atoms with van der Waals surface area (Å²) in [6.45, 7) is 0.315. The van der Waals surface area contributed by atoms with Gasteiger partial charge in [0.1, 0.15) is 5.82 Å². The summed E-state index contributed by atoms with van der Waals surface area (Å²) in [4.78, 5) is 10.4. The predicted octanol–water partition coefficient (Wildman–Crippen LogP) is 2.63. The van der Waals surface area contributed by atoms with E-state index in [2.05, 4.69) is 15.9 Å². The van der Waals surface area contributed by atoms with Crippen molar-refractivity contribution in [3.05, 3.63) is 33.5 Å². The number of ether oxygens (including phenoxy) is 1. The fourth-order valence-electron chi connectivity index (χ4n) is 2.10. The molecular weight excluding hydrogens is 312 g/mol. The van der Waals surface area contributed by atoms with Gasteiger partial charge in [0.05, 0.1) is 4.47 Å². The van der Waals surface area contributed by atoms with E-state index in [0.29, 0.717) is 41.3 Å². The Balaban J connectivity index is 0.00000144. The minimum Gasteiger partial charge on any atom is -0.442 e. The molecule has 0 heterocycles. The number of nitrogens with two attached hydrogens (primary N) is 1. The third-order valence-electron chi connectivity index (χ3n) is 2.89. The van der Waals surface area contributed by atoms with Crippen molar-refractivity contribution in [2.75, 3.05) is 0 Å². The van der Waals surface area contributed by atoms with Crippen molar-refractivity contribution < 1.29 is 13.9 Å². The van der Waals surface area contributed by atoms with Crippen LogP contribution in [0.2, 0.25) is 0 Å². The molecular formula is C11H12BrClFNO2. The first kappa shape index (κ1) is 14.4. The van der Waals surface area contributed by atoms with Gasteiger partial charge in [-0.25, -0.2) is 4.39 Å². The molecule has 17 heavy (non-hydrogen) atoms. The number of hydrogen-bond donors (Lipinski definition) is 1. The highest BCUT2D eigenvalue weighted by atomic mass is 79.9. The molecule has 1 aromatic carbocycles. The molecule has 1 aromatic rings. The Morgan fingerprint density at radius 1 is 1.53 bits per heavy atom. The third-order valence-corrected chi connectivity index (χ3v) is 3.50. The van der Waals surface area contributed by atoms with E-state index in [9.17, 15) is 9.18 Å². The van der Waals surface area contributed by atoms with Crippen LogP contribution in [0.4, 0.5) is 4.39 Å². The number of hydrogen-bond acceptors (Lipinski definition) is 3. The molecule has 0 bridgehead atoms. The molecule has 6 heteroatoms. The molecule has 94 valence electrons. The summed E-state index contributed by atoms with van der Waals surface area (Å²) >= 11 is 3.12. The van der Waals surface area contributed by atoms with Crippen molar-refractivity contribution in [2.45, 2.75) is 25.0 Å². The lowest BCUT2D eigenvalue weighted by molar-refractivity contribution is -0.145. The molecule has 0 fully saturated rings. The van der Waals surface area contributed by atoms with Crippen LogP contribution in [0.1, 0.15) is 24.0 Å². The van der Waals surface area contributed by atoms with E-state index in [0.717, 1.165) is 0 Å². The van der Waals surface area contributed by atoms with Crippen molar-refractivity contribution in [1.29, 1.82) is 0 Å². The highest BCUT2D eigenvalue weighted by molar-refractivity contribution is 9.10. The Hall–Kier alpha value is -0.650. The molecule has 2 rings (SSSR count). The number of benzene rings is 1. The molecule has 0 amide bonds. The van der Waals surface area contributed by atoms with Gasteiger partial charge in [0, 0.05) is 12.0 Å². The van der Waals surface area contributed by atoms with E-state index >= 15 is 0 Å². The summed E-state index contributed by atoms with van der Waals surface area (Å²) in [5.74, 6) is -0.318. The van der Waals surface area contributed by atoms with Gasteiger partial charge in [-0.15, -0.1) is 12.4 Å². The highest BCUT2D eigenvalue weighted by Crippen LogP contribution is 2.37. The third kappa shape index (κ3) is 2.46. The van der Waals surface area contributed by atoms with Gasteiger partial charge in [0.25, 0.3) is 6.47 Å². The molecule has 0 aliphatic heterocycles. The van der Waals surface area contributed by atoms with Gasteiger partial charge in [0.15, 0.2) is 5.72 Å². The average Bonchev–Trinajstić information content (AvgIpc) is 2.24. The Morgan fingerprint density at radius 2 is 2.24 bits per heavy atom. The second-order valence-electron chi connectivity index (χ2n) is 3.84. The van der Waals surface area contributed by atoms with Crippen LogP contribution in [0.15, 0.2) is 16.6 Å². The van der Waals surface area contributed by atoms with Gasteiger partial charge in [-0.05, 0) is 40.4 Å². The van der Waals surface area contributed by atoms with Crippen LogP contribution < -0.4 is 5.73 Å². The Labute approximate surface area is 113 Å². The summed E-state index contributed by atoms with van der Waals surface area (Å²) in [7, 11) is 0. The molecule has 3 nitrogen and oxygen atoms in total. The first-order valence-corrected chi connectivity index (χ1v) is 5.75. The summed E-state index contributed by atoms with van der Waals surface area (Å²) < 4.78 is 19.1. The fraction of sp³-hybridized carbons (Fsp3) is 0.364. The van der Waals surface area contributed by atoms with Gasteiger partial charge in [-0.1, -0.05) is 6.07 Å². The van der Waals surface area contributed by atoms with Gasteiger partial charge in [-0.2, -0.15) is 0 Å². The van der Waals surface area contributed by atoms with Crippen LogP contribution in [0.5, 0.6) is 0 Å². The van der Waals surface area contributed by atoms with Crippen molar-refractivity contribution in [3.63, 3.8) is 0 Å². The average molecular weight is 325 g/mol. The SMILES string of the molecule is Cl.N[C@]1(OC=O)CCCc2c1ccc(Br)c2F. The van der Waals surface area contributed by atoms with E-state index in [4.69, 9.17) is 10.5 Å².